The number of ether oxygens (including phenoxy) is 1. The minimum Gasteiger partial charge on any atom is -0.474 e. The lowest BCUT2D eigenvalue weighted by Crippen LogP contribution is -2.64. The van der Waals surface area contributed by atoms with Gasteiger partial charge < -0.3 is 25.2 Å². The summed E-state index contributed by atoms with van der Waals surface area (Å²) in [5.74, 6) is 0.336. The molecule has 9 heteroatoms. The van der Waals surface area contributed by atoms with E-state index in [0.717, 1.165) is 31.9 Å². The van der Waals surface area contributed by atoms with Crippen molar-refractivity contribution in [2.45, 2.75) is 17.9 Å². The third-order valence-electron chi connectivity index (χ3n) is 5.77. The summed E-state index contributed by atoms with van der Waals surface area (Å²) in [6, 6.07) is 15.7. The summed E-state index contributed by atoms with van der Waals surface area (Å²) in [7, 11) is 2.16. The van der Waals surface area contributed by atoms with Crippen LogP contribution in [-0.2, 0) is 4.79 Å². The maximum absolute atomic E-state index is 11.6. The van der Waals surface area contributed by atoms with Gasteiger partial charge in [-0.25, -0.2) is 5.32 Å². The van der Waals surface area contributed by atoms with Crippen molar-refractivity contribution in [1.29, 1.82) is 0 Å². The average molecular weight is 471 g/mol. The van der Waals surface area contributed by atoms with Crippen LogP contribution in [-0.4, -0.2) is 68.5 Å². The molecule has 0 saturated carbocycles. The van der Waals surface area contributed by atoms with Crippen LogP contribution in [0.15, 0.2) is 61.2 Å². The first-order valence-electron chi connectivity index (χ1n) is 11.1. The van der Waals surface area contributed by atoms with Gasteiger partial charge in [-0.3, -0.25) is 10.1 Å². The number of anilines is 3. The monoisotopic (exact) mass is 470 g/mol. The van der Waals surface area contributed by atoms with Crippen LogP contribution < -0.4 is 30.9 Å². The van der Waals surface area contributed by atoms with Crippen LogP contribution in [0.4, 0.5) is 17.1 Å². The molecule has 4 rings (SSSR count). The summed E-state index contributed by atoms with van der Waals surface area (Å²) >= 11 is 6.49. The summed E-state index contributed by atoms with van der Waals surface area (Å²) in [4.78, 5) is 16.3. The molecule has 2 aliphatic heterocycles. The lowest BCUT2D eigenvalue weighted by atomic mass is 10.2. The second-order valence-electron chi connectivity index (χ2n) is 8.27. The van der Waals surface area contributed by atoms with E-state index in [9.17, 15) is 4.79 Å². The van der Waals surface area contributed by atoms with Crippen molar-refractivity contribution in [2.75, 3.05) is 55.3 Å². The Hall–Kier alpha value is -2.78. The van der Waals surface area contributed by atoms with Gasteiger partial charge in [0.05, 0.1) is 5.38 Å². The molecule has 0 radical (unpaired) electrons. The number of carbonyl (C=O) groups excluding carboxylic acids is 1. The fourth-order valence-corrected chi connectivity index (χ4v) is 4.07. The summed E-state index contributed by atoms with van der Waals surface area (Å²) in [6.45, 7) is 8.30. The third kappa shape index (κ3) is 6.39. The van der Waals surface area contributed by atoms with Crippen LogP contribution >= 0.6 is 11.6 Å². The van der Waals surface area contributed by atoms with Crippen molar-refractivity contribution in [1.82, 2.24) is 15.5 Å². The van der Waals surface area contributed by atoms with Gasteiger partial charge in [0.25, 0.3) is 0 Å². The molecule has 2 heterocycles. The molecule has 176 valence electrons. The number of nitrogens with one attached hydrogen (secondary N) is 4. The highest BCUT2D eigenvalue weighted by atomic mass is 35.5. The first kappa shape index (κ1) is 23.4. The van der Waals surface area contributed by atoms with Crippen molar-refractivity contribution >= 4 is 34.6 Å². The van der Waals surface area contributed by atoms with Crippen LogP contribution in [0.3, 0.4) is 0 Å². The number of benzene rings is 2. The number of hydrogen-bond donors (Lipinski definition) is 4. The standard InChI is InChI=1S/C24H31ClN6O2/c1-3-22(32)27-18-5-4-6-20(15-18)33-23-21(25)16-26-24(29-23)28-17-7-9-19(10-8-17)31-13-11-30(2)12-14-31/h3-10,15,21,23-24,26,28-29H,1,11-14,16H2,2H3,(H,27,32). The zero-order valence-corrected chi connectivity index (χ0v) is 19.5. The molecule has 0 aromatic heterocycles. The molecule has 2 aromatic carbocycles. The van der Waals surface area contributed by atoms with Gasteiger partial charge in [0.15, 0.2) is 6.23 Å². The first-order chi connectivity index (χ1) is 16.0. The molecule has 0 aliphatic carbocycles. The van der Waals surface area contributed by atoms with E-state index in [1.807, 2.05) is 12.1 Å². The van der Waals surface area contributed by atoms with Crippen molar-refractivity contribution in [3.8, 4) is 5.75 Å². The molecule has 2 saturated heterocycles. The third-order valence-corrected chi connectivity index (χ3v) is 6.16. The molecule has 4 N–H and O–H groups in total. The predicted molar refractivity (Wildman–Crippen MR) is 134 cm³/mol. The number of hydrogen-bond acceptors (Lipinski definition) is 7. The Labute approximate surface area is 199 Å². The van der Waals surface area contributed by atoms with Gasteiger partial charge >= 0.3 is 0 Å². The molecule has 1 amide bonds. The zero-order chi connectivity index (χ0) is 23.2. The molecular formula is C24H31ClN6O2. The number of nitrogens with zero attached hydrogens (tertiary/aromatic N) is 2. The SMILES string of the molecule is C=CC(=O)Nc1cccc(OC2NC(Nc3ccc(N4CCN(C)CC4)cc3)NCC2Cl)c1. The minimum atomic E-state index is -0.416. The Morgan fingerprint density at radius 1 is 1.15 bits per heavy atom. The molecule has 8 nitrogen and oxygen atoms in total. The van der Waals surface area contributed by atoms with E-state index in [0.29, 0.717) is 18.0 Å². The van der Waals surface area contributed by atoms with E-state index in [1.165, 1.54) is 11.8 Å². The minimum absolute atomic E-state index is 0.205. The predicted octanol–water partition coefficient (Wildman–Crippen LogP) is 2.46. The van der Waals surface area contributed by atoms with E-state index in [1.54, 1.807) is 12.1 Å². The van der Waals surface area contributed by atoms with Gasteiger partial charge in [0.2, 0.25) is 5.91 Å². The molecule has 33 heavy (non-hydrogen) atoms. The fraction of sp³-hybridized carbons (Fsp3) is 0.375. The highest BCUT2D eigenvalue weighted by Crippen LogP contribution is 2.22. The Morgan fingerprint density at radius 2 is 1.91 bits per heavy atom. The fourth-order valence-electron chi connectivity index (χ4n) is 3.85. The maximum Gasteiger partial charge on any atom is 0.247 e. The van der Waals surface area contributed by atoms with Gasteiger partial charge in [0, 0.05) is 55.9 Å². The van der Waals surface area contributed by atoms with Gasteiger partial charge in [-0.2, -0.15) is 0 Å². The average Bonchev–Trinajstić information content (AvgIpc) is 2.82. The smallest absolute Gasteiger partial charge is 0.247 e. The number of likely N-dealkylation sites (N-methyl/N-ethyl adjacent to an activating group) is 1. The summed E-state index contributed by atoms with van der Waals surface area (Å²) in [5.41, 5.74) is 2.87. The summed E-state index contributed by atoms with van der Waals surface area (Å²) in [5, 5.41) is 12.6. The highest BCUT2D eigenvalue weighted by Gasteiger charge is 2.30. The summed E-state index contributed by atoms with van der Waals surface area (Å²) < 4.78 is 6.09. The number of alkyl halides is 1. The molecule has 3 atom stereocenters. The van der Waals surface area contributed by atoms with Crippen molar-refractivity contribution < 1.29 is 9.53 Å². The number of rotatable bonds is 7. The number of amides is 1. The first-order valence-corrected chi connectivity index (χ1v) is 11.6. The van der Waals surface area contributed by atoms with Crippen molar-refractivity contribution in [3.05, 3.63) is 61.2 Å². The van der Waals surface area contributed by atoms with Crippen LogP contribution in [0.5, 0.6) is 5.75 Å². The molecule has 3 unspecified atom stereocenters. The highest BCUT2D eigenvalue weighted by molar-refractivity contribution is 6.21. The van der Waals surface area contributed by atoms with Crippen LogP contribution in [0.25, 0.3) is 0 Å². The molecular weight excluding hydrogens is 440 g/mol. The number of piperazine rings is 1. The Kier molecular flexibility index (Phi) is 7.72. The maximum atomic E-state index is 11.6. The van der Waals surface area contributed by atoms with Crippen molar-refractivity contribution in [2.24, 2.45) is 0 Å². The Bertz CT molecular complexity index is 948. The van der Waals surface area contributed by atoms with E-state index >= 15 is 0 Å². The topological polar surface area (TPSA) is 80.9 Å². The van der Waals surface area contributed by atoms with Crippen molar-refractivity contribution in [3.63, 3.8) is 0 Å². The van der Waals surface area contributed by atoms with Gasteiger partial charge in [-0.1, -0.05) is 12.6 Å². The van der Waals surface area contributed by atoms with E-state index in [2.05, 4.69) is 69.0 Å². The van der Waals surface area contributed by atoms with Gasteiger partial charge in [0.1, 0.15) is 12.0 Å². The number of halogens is 1. The summed E-state index contributed by atoms with van der Waals surface area (Å²) in [6.07, 6.45) is 0.605. The molecule has 2 aliphatic rings. The van der Waals surface area contributed by atoms with E-state index < -0.39 is 6.23 Å². The molecule has 2 aromatic rings. The van der Waals surface area contributed by atoms with E-state index in [-0.39, 0.29) is 17.6 Å². The van der Waals surface area contributed by atoms with E-state index in [4.69, 9.17) is 16.3 Å². The Balaban J connectivity index is 1.33. The van der Waals surface area contributed by atoms with Crippen LogP contribution in [0.2, 0.25) is 0 Å². The second-order valence-corrected chi connectivity index (χ2v) is 8.83. The largest absolute Gasteiger partial charge is 0.474 e. The molecule has 0 bridgehead atoms. The van der Waals surface area contributed by atoms with Gasteiger partial charge in [-0.15, -0.1) is 11.6 Å². The lowest BCUT2D eigenvalue weighted by molar-refractivity contribution is -0.111. The lowest BCUT2D eigenvalue weighted by Gasteiger charge is -2.36. The molecule has 2 fully saturated rings. The zero-order valence-electron chi connectivity index (χ0n) is 18.8. The second kappa shape index (κ2) is 10.9. The van der Waals surface area contributed by atoms with Gasteiger partial charge in [-0.05, 0) is 49.5 Å². The molecule has 0 spiro atoms. The van der Waals surface area contributed by atoms with Crippen LogP contribution in [0.1, 0.15) is 0 Å². The Morgan fingerprint density at radius 3 is 2.64 bits per heavy atom. The number of carbonyl (C=O) groups is 1. The quantitative estimate of drug-likeness (QED) is 0.365. The normalized spacial score (nSPS) is 23.6. The van der Waals surface area contributed by atoms with Crippen LogP contribution in [0, 0.1) is 0 Å².